The molecule has 1 atom stereocenters. The van der Waals surface area contributed by atoms with E-state index in [2.05, 4.69) is 25.5 Å². The van der Waals surface area contributed by atoms with Gasteiger partial charge in [0, 0.05) is 11.8 Å². The molecule has 0 radical (unpaired) electrons. The molecule has 27 heavy (non-hydrogen) atoms. The Kier molecular flexibility index (Phi) is 3.79. The van der Waals surface area contributed by atoms with Crippen LogP contribution in [0.3, 0.4) is 0 Å². The fourth-order valence-corrected chi connectivity index (χ4v) is 3.82. The number of aliphatic imine (C=N–C) groups is 1. The third kappa shape index (κ3) is 2.81. The Bertz CT molecular complexity index is 1160. The summed E-state index contributed by atoms with van der Waals surface area (Å²) in [6.45, 7) is 0. The summed E-state index contributed by atoms with van der Waals surface area (Å²) in [4.78, 5) is 21.6. The highest BCUT2D eigenvalue weighted by molar-refractivity contribution is 7.98. The lowest BCUT2D eigenvalue weighted by Crippen LogP contribution is -2.25. The monoisotopic (exact) mass is 375 g/mol. The van der Waals surface area contributed by atoms with Crippen LogP contribution in [0.4, 0.5) is 5.95 Å². The first-order valence-electron chi connectivity index (χ1n) is 8.32. The van der Waals surface area contributed by atoms with Gasteiger partial charge in [-0.1, -0.05) is 48.2 Å². The number of tetrazole rings is 1. The Morgan fingerprint density at radius 2 is 2.04 bits per heavy atom. The van der Waals surface area contributed by atoms with Crippen molar-refractivity contribution in [2.24, 2.45) is 4.99 Å². The van der Waals surface area contributed by atoms with Crippen molar-refractivity contribution in [1.29, 1.82) is 0 Å². The van der Waals surface area contributed by atoms with E-state index in [0.29, 0.717) is 22.6 Å². The van der Waals surface area contributed by atoms with Gasteiger partial charge >= 0.3 is 0 Å². The summed E-state index contributed by atoms with van der Waals surface area (Å²) in [6, 6.07) is 11.0. The molecule has 132 valence electrons. The van der Waals surface area contributed by atoms with Crippen molar-refractivity contribution in [3.8, 4) is 5.69 Å². The van der Waals surface area contributed by atoms with Gasteiger partial charge in [-0.2, -0.15) is 4.68 Å². The molecule has 1 aliphatic heterocycles. The van der Waals surface area contributed by atoms with Crippen molar-refractivity contribution in [2.75, 3.05) is 0 Å². The maximum absolute atomic E-state index is 12.6. The summed E-state index contributed by atoms with van der Waals surface area (Å²) >= 11 is 1.42. The normalized spacial score (nSPS) is 16.9. The van der Waals surface area contributed by atoms with Crippen LogP contribution in [-0.2, 0) is 5.75 Å². The van der Waals surface area contributed by atoms with Crippen LogP contribution in [0.2, 0.25) is 0 Å². The fraction of sp³-hybridized carbons (Fsp3) is 0.111. The van der Waals surface area contributed by atoms with E-state index in [0.717, 1.165) is 11.4 Å². The minimum absolute atomic E-state index is 0.109. The maximum atomic E-state index is 12.6. The summed E-state index contributed by atoms with van der Waals surface area (Å²) < 4.78 is 3.27. The number of allylic oxidation sites excluding steroid dienone is 4. The number of fused-ring (bicyclic) bond motifs is 3. The van der Waals surface area contributed by atoms with Crippen LogP contribution in [0.1, 0.15) is 11.7 Å². The van der Waals surface area contributed by atoms with E-state index < -0.39 is 0 Å². The van der Waals surface area contributed by atoms with Crippen LogP contribution >= 0.6 is 11.8 Å². The molecular weight excluding hydrogens is 362 g/mol. The smallest absolute Gasteiger partial charge is 0.256 e. The van der Waals surface area contributed by atoms with E-state index in [4.69, 9.17) is 0 Å². The minimum Gasteiger partial charge on any atom is -0.269 e. The molecular formula is C18H13N7OS. The second-order valence-corrected chi connectivity index (χ2v) is 6.92. The van der Waals surface area contributed by atoms with Gasteiger partial charge in [0.05, 0.1) is 17.1 Å². The Morgan fingerprint density at radius 1 is 1.15 bits per heavy atom. The summed E-state index contributed by atoms with van der Waals surface area (Å²) in [6.07, 6.45) is 7.67. The molecule has 2 aliphatic rings. The van der Waals surface area contributed by atoms with Crippen molar-refractivity contribution in [1.82, 2.24) is 29.8 Å². The second-order valence-electron chi connectivity index (χ2n) is 5.98. The highest BCUT2D eigenvalue weighted by Gasteiger charge is 2.26. The number of hydrogen-bond acceptors (Lipinski definition) is 7. The van der Waals surface area contributed by atoms with Gasteiger partial charge in [-0.3, -0.25) is 9.36 Å². The van der Waals surface area contributed by atoms with E-state index in [1.807, 2.05) is 54.6 Å². The maximum Gasteiger partial charge on any atom is 0.256 e. The predicted molar refractivity (Wildman–Crippen MR) is 102 cm³/mol. The van der Waals surface area contributed by atoms with Crippen molar-refractivity contribution < 1.29 is 0 Å². The summed E-state index contributed by atoms with van der Waals surface area (Å²) in [5.41, 5.74) is 2.25. The molecule has 1 aromatic carbocycles. The topological polar surface area (TPSA) is 90.9 Å². The molecule has 0 saturated carbocycles. The van der Waals surface area contributed by atoms with Gasteiger partial charge in [0.25, 0.3) is 5.56 Å². The van der Waals surface area contributed by atoms with Crippen molar-refractivity contribution in [3.63, 3.8) is 0 Å². The number of nitrogens with zero attached hydrogens (tertiary/aromatic N) is 7. The molecule has 8 nitrogen and oxygen atoms in total. The van der Waals surface area contributed by atoms with E-state index in [-0.39, 0.29) is 11.6 Å². The molecule has 2 aromatic heterocycles. The molecule has 0 bridgehead atoms. The SMILES string of the molecule is O=c1cc(CSc2nnnn2-c2ccccc2)nc2n1C1C=CC=CC1=N2. The zero-order valence-electron chi connectivity index (χ0n) is 14.0. The largest absolute Gasteiger partial charge is 0.269 e. The molecule has 0 spiro atoms. The van der Waals surface area contributed by atoms with Crippen LogP contribution < -0.4 is 5.56 Å². The lowest BCUT2D eigenvalue weighted by atomic mass is 10.1. The highest BCUT2D eigenvalue weighted by Crippen LogP contribution is 2.29. The van der Waals surface area contributed by atoms with Crippen molar-refractivity contribution in [2.45, 2.75) is 17.0 Å². The number of benzene rings is 1. The molecule has 0 fully saturated rings. The van der Waals surface area contributed by atoms with Gasteiger partial charge in [0.2, 0.25) is 11.1 Å². The molecule has 3 aromatic rings. The van der Waals surface area contributed by atoms with E-state index in [1.165, 1.54) is 11.8 Å². The molecule has 5 rings (SSSR count). The standard InChI is InChI=1S/C18H13N7OS/c26-16-10-12(19-17-20-14-8-4-5-9-15(14)24(16)17)11-27-18-21-22-23-25(18)13-6-2-1-3-7-13/h1-10,15H,11H2. The number of aromatic nitrogens is 6. The zero-order valence-corrected chi connectivity index (χ0v) is 14.8. The third-order valence-electron chi connectivity index (χ3n) is 4.26. The van der Waals surface area contributed by atoms with Crippen molar-refractivity contribution in [3.05, 3.63) is 76.8 Å². The first-order chi connectivity index (χ1) is 13.3. The van der Waals surface area contributed by atoms with Crippen LogP contribution in [0, 0.1) is 0 Å². The number of rotatable bonds is 4. The summed E-state index contributed by atoms with van der Waals surface area (Å²) in [5, 5.41) is 12.5. The molecule has 9 heteroatoms. The summed E-state index contributed by atoms with van der Waals surface area (Å²) in [5.74, 6) is 0.911. The van der Waals surface area contributed by atoms with Crippen LogP contribution in [0.5, 0.6) is 0 Å². The van der Waals surface area contributed by atoms with Gasteiger partial charge in [-0.05, 0) is 28.6 Å². The van der Waals surface area contributed by atoms with Gasteiger partial charge in [-0.25, -0.2) is 9.98 Å². The van der Waals surface area contributed by atoms with Gasteiger partial charge in [-0.15, -0.1) is 5.10 Å². The molecule has 1 aliphatic carbocycles. The lowest BCUT2D eigenvalue weighted by molar-refractivity contribution is 0.732. The Morgan fingerprint density at radius 3 is 2.93 bits per heavy atom. The van der Waals surface area contributed by atoms with Crippen LogP contribution in [0.15, 0.2) is 75.6 Å². The Labute approximate surface area is 158 Å². The molecule has 0 amide bonds. The first kappa shape index (κ1) is 15.9. The minimum atomic E-state index is -0.155. The second kappa shape index (κ2) is 6.44. The number of hydrogen-bond donors (Lipinski definition) is 0. The Hall–Kier alpha value is -3.33. The molecule has 1 unspecified atom stereocenters. The van der Waals surface area contributed by atoms with Crippen molar-refractivity contribution >= 4 is 23.4 Å². The number of para-hydroxylation sites is 1. The highest BCUT2D eigenvalue weighted by atomic mass is 32.2. The van der Waals surface area contributed by atoms with E-state index in [1.54, 1.807) is 15.3 Å². The van der Waals surface area contributed by atoms with Crippen LogP contribution in [0.25, 0.3) is 5.69 Å². The lowest BCUT2D eigenvalue weighted by Gasteiger charge is -2.12. The first-order valence-corrected chi connectivity index (χ1v) is 9.31. The molecule has 0 saturated heterocycles. The zero-order chi connectivity index (χ0) is 18.2. The fourth-order valence-electron chi connectivity index (χ4n) is 3.04. The Balaban J connectivity index is 1.41. The average Bonchev–Trinajstić information content (AvgIpc) is 3.31. The average molecular weight is 375 g/mol. The quantitative estimate of drug-likeness (QED) is 0.650. The molecule has 0 N–H and O–H groups in total. The van der Waals surface area contributed by atoms with Crippen LogP contribution in [-0.4, -0.2) is 35.5 Å². The van der Waals surface area contributed by atoms with Gasteiger partial charge in [0.1, 0.15) is 6.04 Å². The summed E-state index contributed by atoms with van der Waals surface area (Å²) in [7, 11) is 0. The van der Waals surface area contributed by atoms with E-state index >= 15 is 0 Å². The number of thioether (sulfide) groups is 1. The third-order valence-corrected chi connectivity index (χ3v) is 5.21. The van der Waals surface area contributed by atoms with Gasteiger partial charge in [0.15, 0.2) is 0 Å². The van der Waals surface area contributed by atoms with E-state index in [9.17, 15) is 4.79 Å². The van der Waals surface area contributed by atoms with Gasteiger partial charge < -0.3 is 0 Å². The predicted octanol–water partition coefficient (Wildman–Crippen LogP) is 2.26. The molecule has 3 heterocycles.